The molecule has 0 unspecified atom stereocenters. The summed E-state index contributed by atoms with van der Waals surface area (Å²) in [6.07, 6.45) is -2.12. The van der Waals surface area contributed by atoms with Crippen molar-refractivity contribution < 1.29 is 46.8 Å². The lowest BCUT2D eigenvalue weighted by molar-refractivity contribution is -0.149. The van der Waals surface area contributed by atoms with Crippen molar-refractivity contribution in [2.24, 2.45) is 11.8 Å². The Morgan fingerprint density at radius 1 is 0.962 bits per heavy atom. The molecule has 15 heteroatoms. The molecule has 2 heterocycles. The molecule has 2 aromatic carbocycles. The number of carbonyl (C=O) groups is 2. The standard InChI is InChI=1S/C37H56N4O10S/c1-24(2)21-41(52(45,46)30-13-11-29(47-6)12-14-30)22-33(42)32(40-37(44)51-34-23-49-36-31(34)15-18-48-36)19-27-7-9-28(10-8-27)20-38-16-17-39-26(5)35(43)50-25(3)4/h7-14,24-26,31-34,36,38-39,42H,15-23H2,1-6H3,(H,40,44)/t26-,31-,32-,33+,34-,36+/m0/s1. The maximum absolute atomic E-state index is 13.8. The predicted octanol–water partition coefficient (Wildman–Crippen LogP) is 2.82. The Morgan fingerprint density at radius 3 is 2.31 bits per heavy atom. The third-order valence-electron chi connectivity index (χ3n) is 8.93. The molecule has 0 saturated carbocycles. The van der Waals surface area contributed by atoms with Crippen LogP contribution in [0.1, 0.15) is 52.2 Å². The van der Waals surface area contributed by atoms with Gasteiger partial charge in [0.15, 0.2) is 6.29 Å². The molecule has 1 amide bonds. The van der Waals surface area contributed by atoms with Gasteiger partial charge in [0.25, 0.3) is 0 Å². The summed E-state index contributed by atoms with van der Waals surface area (Å²) in [4.78, 5) is 25.3. The third kappa shape index (κ3) is 12.1. The Bertz CT molecular complexity index is 1520. The summed E-state index contributed by atoms with van der Waals surface area (Å²) in [5.41, 5.74) is 1.85. The lowest BCUT2D eigenvalue weighted by atomic mass is 10.00. The summed E-state index contributed by atoms with van der Waals surface area (Å²) in [5, 5.41) is 21.0. The summed E-state index contributed by atoms with van der Waals surface area (Å²) in [6, 6.07) is 12.5. The minimum atomic E-state index is -4.00. The Kier molecular flexibility index (Phi) is 15.7. The Morgan fingerprint density at radius 2 is 1.65 bits per heavy atom. The largest absolute Gasteiger partial charge is 0.497 e. The van der Waals surface area contributed by atoms with Crippen LogP contribution in [0.2, 0.25) is 0 Å². The van der Waals surface area contributed by atoms with Crippen LogP contribution >= 0.6 is 0 Å². The number of amides is 1. The third-order valence-corrected chi connectivity index (χ3v) is 10.8. The number of benzene rings is 2. The van der Waals surface area contributed by atoms with Gasteiger partial charge >= 0.3 is 12.1 Å². The van der Waals surface area contributed by atoms with Gasteiger partial charge in [-0.1, -0.05) is 38.1 Å². The molecule has 4 rings (SSSR count). The minimum Gasteiger partial charge on any atom is -0.497 e. The van der Waals surface area contributed by atoms with Gasteiger partial charge in [-0.3, -0.25) is 4.79 Å². The fourth-order valence-electron chi connectivity index (χ4n) is 6.14. The van der Waals surface area contributed by atoms with E-state index in [1.807, 2.05) is 52.0 Å². The van der Waals surface area contributed by atoms with E-state index in [2.05, 4.69) is 16.0 Å². The van der Waals surface area contributed by atoms with Crippen molar-refractivity contribution in [1.29, 1.82) is 0 Å². The van der Waals surface area contributed by atoms with E-state index >= 15 is 0 Å². The molecule has 2 aliphatic heterocycles. The van der Waals surface area contributed by atoms with Crippen LogP contribution in [0.4, 0.5) is 4.79 Å². The lowest BCUT2D eigenvalue weighted by Crippen LogP contribution is -2.51. The zero-order valence-electron chi connectivity index (χ0n) is 31.1. The first-order chi connectivity index (χ1) is 24.8. The number of nitrogens with one attached hydrogen (secondary N) is 3. The molecular weight excluding hydrogens is 692 g/mol. The van der Waals surface area contributed by atoms with Gasteiger partial charge in [-0.15, -0.1) is 0 Å². The second-order valence-electron chi connectivity index (χ2n) is 14.0. The molecule has 2 aliphatic rings. The van der Waals surface area contributed by atoms with Crippen LogP contribution in [0.15, 0.2) is 53.4 Å². The van der Waals surface area contributed by atoms with Gasteiger partial charge in [0.1, 0.15) is 17.9 Å². The molecule has 2 saturated heterocycles. The zero-order valence-corrected chi connectivity index (χ0v) is 31.9. The number of nitrogens with zero attached hydrogens (tertiary/aromatic N) is 1. The Labute approximate surface area is 307 Å². The summed E-state index contributed by atoms with van der Waals surface area (Å²) in [6.45, 7) is 11.6. The fraction of sp³-hybridized carbons (Fsp3) is 0.622. The molecule has 4 N–H and O–H groups in total. The highest BCUT2D eigenvalue weighted by molar-refractivity contribution is 7.89. The van der Waals surface area contributed by atoms with Crippen molar-refractivity contribution in [2.75, 3.05) is 46.5 Å². The first kappa shape index (κ1) is 41.4. The van der Waals surface area contributed by atoms with Gasteiger partial charge in [0, 0.05) is 32.7 Å². The van der Waals surface area contributed by atoms with Gasteiger partial charge in [-0.2, -0.15) is 4.31 Å². The monoisotopic (exact) mass is 748 g/mol. The van der Waals surface area contributed by atoms with Gasteiger partial charge < -0.3 is 44.7 Å². The first-order valence-corrected chi connectivity index (χ1v) is 19.5. The van der Waals surface area contributed by atoms with E-state index in [1.54, 1.807) is 19.1 Å². The molecule has 14 nitrogen and oxygen atoms in total. The van der Waals surface area contributed by atoms with E-state index in [0.29, 0.717) is 38.4 Å². The number of carbonyl (C=O) groups excluding carboxylic acids is 2. The molecule has 0 spiro atoms. The predicted molar refractivity (Wildman–Crippen MR) is 194 cm³/mol. The number of rotatable bonds is 20. The summed E-state index contributed by atoms with van der Waals surface area (Å²) in [7, 11) is -2.50. The number of aliphatic hydroxyl groups is 1. The van der Waals surface area contributed by atoms with Crippen LogP contribution in [0.25, 0.3) is 0 Å². The lowest BCUT2D eigenvalue weighted by Gasteiger charge is -2.31. The molecular formula is C37H56N4O10S. The van der Waals surface area contributed by atoms with Crippen molar-refractivity contribution in [3.8, 4) is 5.75 Å². The molecule has 290 valence electrons. The minimum absolute atomic E-state index is 0.0396. The highest BCUT2D eigenvalue weighted by Gasteiger charge is 2.44. The van der Waals surface area contributed by atoms with Crippen LogP contribution in [0, 0.1) is 11.8 Å². The van der Waals surface area contributed by atoms with Crippen LogP contribution in [0.3, 0.4) is 0 Å². The van der Waals surface area contributed by atoms with Crippen LogP contribution in [0.5, 0.6) is 5.75 Å². The van der Waals surface area contributed by atoms with Gasteiger partial charge in [-0.25, -0.2) is 13.2 Å². The molecule has 2 fully saturated rings. The van der Waals surface area contributed by atoms with Crippen LogP contribution in [-0.2, 0) is 46.7 Å². The molecule has 0 bridgehead atoms. The van der Waals surface area contributed by atoms with E-state index in [1.165, 1.54) is 23.5 Å². The van der Waals surface area contributed by atoms with Crippen molar-refractivity contribution in [3.63, 3.8) is 0 Å². The maximum atomic E-state index is 13.8. The average Bonchev–Trinajstić information content (AvgIpc) is 3.73. The van der Waals surface area contributed by atoms with Gasteiger partial charge in [-0.05, 0) is 74.9 Å². The first-order valence-electron chi connectivity index (χ1n) is 18.0. The SMILES string of the molecule is COc1ccc(S(=O)(=O)N(CC(C)C)C[C@@H](O)[C@H](Cc2ccc(CNCCN[C@@H](C)C(=O)OC(C)C)cc2)NC(=O)O[C@H]2CO[C@H]3OCC[C@H]32)cc1. The number of hydrogen-bond acceptors (Lipinski definition) is 12. The highest BCUT2D eigenvalue weighted by Crippen LogP contribution is 2.33. The molecule has 2 aromatic rings. The van der Waals surface area contributed by atoms with Crippen LogP contribution in [-0.4, -0.2) is 113 Å². The molecule has 0 aromatic heterocycles. The van der Waals surface area contributed by atoms with E-state index < -0.39 is 46.7 Å². The number of fused-ring (bicyclic) bond motifs is 1. The second kappa shape index (κ2) is 19.7. The number of sulfonamides is 1. The average molecular weight is 749 g/mol. The summed E-state index contributed by atoms with van der Waals surface area (Å²) < 4.78 is 56.2. The second-order valence-corrected chi connectivity index (χ2v) is 16.0. The molecule has 0 radical (unpaired) electrons. The van der Waals surface area contributed by atoms with E-state index in [4.69, 9.17) is 23.7 Å². The number of hydrogen-bond donors (Lipinski definition) is 4. The zero-order chi connectivity index (χ0) is 37.8. The van der Waals surface area contributed by atoms with Crippen molar-refractivity contribution in [2.45, 2.75) is 95.6 Å². The molecule has 0 aliphatic carbocycles. The number of ether oxygens (including phenoxy) is 5. The van der Waals surface area contributed by atoms with Gasteiger partial charge in [0.2, 0.25) is 10.0 Å². The van der Waals surface area contributed by atoms with E-state index in [0.717, 1.165) is 11.1 Å². The normalized spacial score (nSPS) is 20.5. The van der Waals surface area contributed by atoms with E-state index in [-0.39, 0.29) is 54.9 Å². The Hall–Kier alpha value is -3.31. The van der Waals surface area contributed by atoms with Crippen molar-refractivity contribution >= 4 is 22.1 Å². The number of aliphatic hydroxyl groups excluding tert-OH is 1. The smallest absolute Gasteiger partial charge is 0.407 e. The highest BCUT2D eigenvalue weighted by atomic mass is 32.2. The van der Waals surface area contributed by atoms with Crippen molar-refractivity contribution in [1.82, 2.24) is 20.3 Å². The molecule has 6 atom stereocenters. The fourth-order valence-corrected chi connectivity index (χ4v) is 7.76. The number of methoxy groups -OCH3 is 1. The number of esters is 1. The Balaban J connectivity index is 1.42. The quantitative estimate of drug-likeness (QED) is 0.115. The van der Waals surface area contributed by atoms with Gasteiger partial charge in [0.05, 0.1) is 49.4 Å². The van der Waals surface area contributed by atoms with Crippen LogP contribution < -0.4 is 20.7 Å². The summed E-state index contributed by atoms with van der Waals surface area (Å²) in [5.74, 6) is 0.136. The van der Waals surface area contributed by atoms with Crippen molar-refractivity contribution in [3.05, 3.63) is 59.7 Å². The maximum Gasteiger partial charge on any atom is 0.407 e. The van der Waals surface area contributed by atoms with E-state index in [9.17, 15) is 23.1 Å². The molecule has 52 heavy (non-hydrogen) atoms. The number of alkyl carbamates (subject to hydrolysis) is 1. The summed E-state index contributed by atoms with van der Waals surface area (Å²) >= 11 is 0. The topological polar surface area (TPSA) is 174 Å².